The first kappa shape index (κ1) is 17.1. The third-order valence-corrected chi connectivity index (χ3v) is 4.84. The van der Waals surface area contributed by atoms with Gasteiger partial charge in [-0.2, -0.15) is 0 Å². The second-order valence-corrected chi connectivity index (χ2v) is 6.62. The van der Waals surface area contributed by atoms with Crippen LogP contribution in [-0.2, 0) is 0 Å². The van der Waals surface area contributed by atoms with Crippen LogP contribution in [0.5, 0.6) is 0 Å². The van der Waals surface area contributed by atoms with Gasteiger partial charge in [-0.3, -0.25) is 14.5 Å². The molecule has 0 saturated carbocycles. The average molecular weight is 353 g/mol. The third kappa shape index (κ3) is 3.00. The highest BCUT2D eigenvalue weighted by molar-refractivity contribution is 6.26. The quantitative estimate of drug-likeness (QED) is 0.508. The van der Waals surface area contributed by atoms with Crippen LogP contribution in [0.25, 0.3) is 10.8 Å². The monoisotopic (exact) mass is 353 g/mol. The SMILES string of the molecule is CCCCN1C(=O)c2cccc3c(C#Cc4ccccc4)ccc(c23)C1=O. The Kier molecular flexibility index (Phi) is 4.48. The number of imide groups is 1. The molecule has 3 nitrogen and oxygen atoms in total. The molecular weight excluding hydrogens is 334 g/mol. The molecule has 3 aromatic carbocycles. The van der Waals surface area contributed by atoms with Crippen molar-refractivity contribution in [3.8, 4) is 11.8 Å². The number of unbranched alkanes of at least 4 members (excludes halogenated alkanes) is 1. The van der Waals surface area contributed by atoms with Crippen LogP contribution in [0.2, 0.25) is 0 Å². The van der Waals surface area contributed by atoms with Crippen molar-refractivity contribution < 1.29 is 9.59 Å². The largest absolute Gasteiger partial charge is 0.274 e. The van der Waals surface area contributed by atoms with Gasteiger partial charge in [0.15, 0.2) is 0 Å². The van der Waals surface area contributed by atoms with E-state index in [1.54, 1.807) is 12.1 Å². The molecule has 3 aromatic rings. The molecule has 0 aromatic heterocycles. The number of hydrogen-bond donors (Lipinski definition) is 0. The molecule has 0 aliphatic carbocycles. The van der Waals surface area contributed by atoms with E-state index in [9.17, 15) is 9.59 Å². The Morgan fingerprint density at radius 3 is 2.30 bits per heavy atom. The van der Waals surface area contributed by atoms with Gasteiger partial charge >= 0.3 is 0 Å². The van der Waals surface area contributed by atoms with Crippen LogP contribution in [0.4, 0.5) is 0 Å². The summed E-state index contributed by atoms with van der Waals surface area (Å²) in [6, 6.07) is 19.0. The summed E-state index contributed by atoms with van der Waals surface area (Å²) in [4.78, 5) is 27.1. The number of rotatable bonds is 3. The zero-order valence-electron chi connectivity index (χ0n) is 15.2. The molecular formula is C24H19NO2. The highest BCUT2D eigenvalue weighted by Gasteiger charge is 2.32. The number of benzene rings is 3. The van der Waals surface area contributed by atoms with Gasteiger partial charge in [0.1, 0.15) is 0 Å². The topological polar surface area (TPSA) is 37.4 Å². The maximum atomic E-state index is 12.9. The lowest BCUT2D eigenvalue weighted by atomic mass is 9.91. The van der Waals surface area contributed by atoms with Crippen molar-refractivity contribution in [3.05, 3.63) is 82.9 Å². The van der Waals surface area contributed by atoms with E-state index in [2.05, 4.69) is 11.8 Å². The van der Waals surface area contributed by atoms with Gasteiger partial charge in [0.05, 0.1) is 0 Å². The first-order valence-electron chi connectivity index (χ1n) is 9.19. The number of hydrogen-bond acceptors (Lipinski definition) is 2. The molecule has 0 atom stereocenters. The summed E-state index contributed by atoms with van der Waals surface area (Å²) in [6.07, 6.45) is 1.74. The molecule has 4 rings (SSSR count). The van der Waals surface area contributed by atoms with Crippen LogP contribution in [0, 0.1) is 11.8 Å². The highest BCUT2D eigenvalue weighted by Crippen LogP contribution is 2.32. The van der Waals surface area contributed by atoms with Crippen LogP contribution in [0.1, 0.15) is 51.6 Å². The molecule has 0 N–H and O–H groups in total. The molecule has 1 aliphatic heterocycles. The lowest BCUT2D eigenvalue weighted by molar-refractivity contribution is 0.0608. The van der Waals surface area contributed by atoms with Crippen LogP contribution >= 0.6 is 0 Å². The molecule has 1 heterocycles. The summed E-state index contributed by atoms with van der Waals surface area (Å²) in [5.74, 6) is 5.94. The van der Waals surface area contributed by atoms with E-state index < -0.39 is 0 Å². The number of nitrogens with zero attached hydrogens (tertiary/aromatic N) is 1. The molecule has 0 bridgehead atoms. The van der Waals surface area contributed by atoms with Gasteiger partial charge in [0.2, 0.25) is 0 Å². The van der Waals surface area contributed by atoms with E-state index in [1.165, 1.54) is 4.90 Å². The van der Waals surface area contributed by atoms with E-state index in [1.807, 2.05) is 55.5 Å². The van der Waals surface area contributed by atoms with Gasteiger partial charge in [0.25, 0.3) is 11.8 Å². The van der Waals surface area contributed by atoms with E-state index in [4.69, 9.17) is 0 Å². The molecule has 0 spiro atoms. The van der Waals surface area contributed by atoms with Crippen molar-refractivity contribution in [2.45, 2.75) is 19.8 Å². The maximum Gasteiger partial charge on any atom is 0.261 e. The fraction of sp³-hybridized carbons (Fsp3) is 0.167. The first-order chi connectivity index (χ1) is 13.2. The number of carbonyl (C=O) groups is 2. The Bertz CT molecular complexity index is 1080. The van der Waals surface area contributed by atoms with Crippen molar-refractivity contribution in [2.75, 3.05) is 6.54 Å². The standard InChI is InChI=1S/C24H19NO2/c1-2-3-16-25-23(26)20-11-7-10-19-18(13-12-17-8-5-4-6-9-17)14-15-21(22(19)20)24(25)27/h4-11,14-15H,2-3,16H2,1H3. The van der Waals surface area contributed by atoms with Gasteiger partial charge in [-0.05, 0) is 42.1 Å². The van der Waals surface area contributed by atoms with Gasteiger partial charge in [0, 0.05) is 34.2 Å². The van der Waals surface area contributed by atoms with Crippen molar-refractivity contribution >= 4 is 22.6 Å². The molecule has 2 amide bonds. The molecule has 132 valence electrons. The zero-order valence-corrected chi connectivity index (χ0v) is 15.2. The second-order valence-electron chi connectivity index (χ2n) is 6.62. The summed E-state index contributed by atoms with van der Waals surface area (Å²) < 4.78 is 0. The van der Waals surface area contributed by atoms with Gasteiger partial charge < -0.3 is 0 Å². The van der Waals surface area contributed by atoms with Crippen molar-refractivity contribution in [3.63, 3.8) is 0 Å². The first-order valence-corrected chi connectivity index (χ1v) is 9.19. The fourth-order valence-electron chi connectivity index (χ4n) is 3.44. The van der Waals surface area contributed by atoms with E-state index in [-0.39, 0.29) is 11.8 Å². The molecule has 0 radical (unpaired) electrons. The fourth-order valence-corrected chi connectivity index (χ4v) is 3.44. The summed E-state index contributed by atoms with van der Waals surface area (Å²) in [7, 11) is 0. The van der Waals surface area contributed by atoms with Crippen molar-refractivity contribution in [1.82, 2.24) is 4.90 Å². The van der Waals surface area contributed by atoms with Crippen molar-refractivity contribution in [1.29, 1.82) is 0 Å². The Morgan fingerprint density at radius 2 is 1.56 bits per heavy atom. The van der Waals surface area contributed by atoms with E-state index in [0.717, 1.165) is 34.7 Å². The van der Waals surface area contributed by atoms with E-state index >= 15 is 0 Å². The van der Waals surface area contributed by atoms with Gasteiger partial charge in [-0.15, -0.1) is 0 Å². The molecule has 0 saturated heterocycles. The van der Waals surface area contributed by atoms with Crippen LogP contribution in [-0.4, -0.2) is 23.3 Å². The Labute approximate surface area is 158 Å². The predicted octanol–water partition coefficient (Wildman–Crippen LogP) is 4.64. The number of carbonyl (C=O) groups excluding carboxylic acids is 2. The lowest BCUT2D eigenvalue weighted by Crippen LogP contribution is -2.40. The summed E-state index contributed by atoms with van der Waals surface area (Å²) in [5.41, 5.74) is 2.92. The Balaban J connectivity index is 1.84. The minimum atomic E-state index is -0.209. The minimum Gasteiger partial charge on any atom is -0.274 e. The predicted molar refractivity (Wildman–Crippen MR) is 107 cm³/mol. The second kappa shape index (κ2) is 7.09. The van der Waals surface area contributed by atoms with Crippen LogP contribution < -0.4 is 0 Å². The van der Waals surface area contributed by atoms with Gasteiger partial charge in [-0.1, -0.05) is 55.5 Å². The third-order valence-electron chi connectivity index (χ3n) is 4.84. The Morgan fingerprint density at radius 1 is 0.815 bits per heavy atom. The van der Waals surface area contributed by atoms with E-state index in [0.29, 0.717) is 17.7 Å². The average Bonchev–Trinajstić information content (AvgIpc) is 2.71. The molecule has 3 heteroatoms. The smallest absolute Gasteiger partial charge is 0.261 e. The molecule has 1 aliphatic rings. The number of amides is 2. The molecule has 0 unspecified atom stereocenters. The van der Waals surface area contributed by atoms with Crippen LogP contribution in [0.15, 0.2) is 60.7 Å². The Hall–Kier alpha value is -3.38. The van der Waals surface area contributed by atoms with Crippen LogP contribution in [0.3, 0.4) is 0 Å². The summed E-state index contributed by atoms with van der Waals surface area (Å²) in [6.45, 7) is 2.50. The normalized spacial score (nSPS) is 12.9. The zero-order chi connectivity index (χ0) is 18.8. The minimum absolute atomic E-state index is 0.209. The molecule has 0 fully saturated rings. The van der Waals surface area contributed by atoms with Gasteiger partial charge in [-0.25, -0.2) is 0 Å². The van der Waals surface area contributed by atoms with Crippen molar-refractivity contribution in [2.24, 2.45) is 0 Å². The highest BCUT2D eigenvalue weighted by atomic mass is 16.2. The summed E-state index contributed by atoms with van der Waals surface area (Å²) in [5, 5.41) is 1.57. The molecule has 27 heavy (non-hydrogen) atoms. The summed E-state index contributed by atoms with van der Waals surface area (Å²) >= 11 is 0. The maximum absolute atomic E-state index is 12.9. The lowest BCUT2D eigenvalue weighted by Gasteiger charge is -2.27.